The van der Waals surface area contributed by atoms with Crippen molar-refractivity contribution in [2.45, 2.75) is 76.4 Å². The molecule has 4 heteroatoms. The van der Waals surface area contributed by atoms with Crippen LogP contribution in [0.1, 0.15) is 64.2 Å². The van der Waals surface area contributed by atoms with Gasteiger partial charge < -0.3 is 10.0 Å². The average molecular weight is 308 g/mol. The molecule has 0 aromatic heterocycles. The van der Waals surface area contributed by atoms with E-state index in [1.54, 1.807) is 0 Å². The van der Waals surface area contributed by atoms with Gasteiger partial charge in [0.1, 0.15) is 0 Å². The zero-order valence-corrected chi connectivity index (χ0v) is 13.9. The summed E-state index contributed by atoms with van der Waals surface area (Å²) in [5, 5.41) is 10.2. The number of aliphatic hydroxyl groups is 1. The Labute approximate surface area is 134 Å². The summed E-state index contributed by atoms with van der Waals surface area (Å²) < 4.78 is 0. The second kappa shape index (κ2) is 7.78. The third-order valence-corrected chi connectivity index (χ3v) is 6.02. The lowest BCUT2D eigenvalue weighted by atomic mass is 9.86. The maximum atomic E-state index is 12.5. The molecule has 3 fully saturated rings. The van der Waals surface area contributed by atoms with E-state index < -0.39 is 0 Å². The molecular formula is C18H32N2O2. The summed E-state index contributed by atoms with van der Waals surface area (Å²) in [7, 11) is 0. The first-order chi connectivity index (χ1) is 10.7. The van der Waals surface area contributed by atoms with Crippen LogP contribution >= 0.6 is 0 Å². The van der Waals surface area contributed by atoms with E-state index in [9.17, 15) is 9.90 Å². The lowest BCUT2D eigenvalue weighted by molar-refractivity contribution is -0.135. The van der Waals surface area contributed by atoms with E-state index >= 15 is 0 Å². The van der Waals surface area contributed by atoms with Gasteiger partial charge in [0.15, 0.2) is 0 Å². The molecule has 0 aromatic carbocycles. The molecule has 2 aliphatic carbocycles. The fourth-order valence-electron chi connectivity index (χ4n) is 4.59. The van der Waals surface area contributed by atoms with Crippen molar-refractivity contribution in [3.05, 3.63) is 0 Å². The summed E-state index contributed by atoms with van der Waals surface area (Å²) in [6, 6.07) is 0.337. The molecule has 3 rings (SSSR count). The number of nitrogens with zero attached hydrogens (tertiary/aromatic N) is 2. The molecule has 4 nitrogen and oxygen atoms in total. The molecule has 126 valence electrons. The molecule has 1 heterocycles. The largest absolute Gasteiger partial charge is 0.391 e. The van der Waals surface area contributed by atoms with Gasteiger partial charge in [0.05, 0.1) is 6.10 Å². The highest BCUT2D eigenvalue weighted by molar-refractivity contribution is 5.76. The molecule has 2 saturated carbocycles. The Kier molecular flexibility index (Phi) is 5.75. The van der Waals surface area contributed by atoms with E-state index in [-0.39, 0.29) is 6.10 Å². The summed E-state index contributed by atoms with van der Waals surface area (Å²) in [5.41, 5.74) is 0. The van der Waals surface area contributed by atoms with Crippen molar-refractivity contribution < 1.29 is 9.90 Å². The number of piperazine rings is 1. The molecule has 0 aromatic rings. The van der Waals surface area contributed by atoms with Gasteiger partial charge in [-0.25, -0.2) is 0 Å². The molecule has 3 aliphatic rings. The Hall–Kier alpha value is -0.610. The smallest absolute Gasteiger partial charge is 0.222 e. The third-order valence-electron chi connectivity index (χ3n) is 6.02. The molecule has 1 amide bonds. The number of amides is 1. The normalized spacial score (nSPS) is 32.1. The Morgan fingerprint density at radius 3 is 2.18 bits per heavy atom. The Morgan fingerprint density at radius 1 is 0.864 bits per heavy atom. The molecule has 0 bridgehead atoms. The molecule has 1 N–H and O–H groups in total. The van der Waals surface area contributed by atoms with Crippen LogP contribution in [0, 0.1) is 5.92 Å². The quantitative estimate of drug-likeness (QED) is 0.871. The number of rotatable bonds is 3. The van der Waals surface area contributed by atoms with Gasteiger partial charge in [0.25, 0.3) is 0 Å². The predicted octanol–water partition coefficient (Wildman–Crippen LogP) is 2.40. The van der Waals surface area contributed by atoms with Crippen LogP contribution < -0.4 is 0 Å². The number of aliphatic hydroxyl groups excluding tert-OH is 1. The van der Waals surface area contributed by atoms with Crippen LogP contribution in [0.5, 0.6) is 0 Å². The average Bonchev–Trinajstić information content (AvgIpc) is 2.56. The van der Waals surface area contributed by atoms with E-state index in [0.29, 0.717) is 17.9 Å². The van der Waals surface area contributed by atoms with Gasteiger partial charge in [0.2, 0.25) is 5.91 Å². The van der Waals surface area contributed by atoms with Crippen molar-refractivity contribution in [1.29, 1.82) is 0 Å². The van der Waals surface area contributed by atoms with Crippen LogP contribution in [0.15, 0.2) is 0 Å². The first-order valence-electron chi connectivity index (χ1n) is 9.44. The topological polar surface area (TPSA) is 43.8 Å². The first kappa shape index (κ1) is 16.3. The molecular weight excluding hydrogens is 276 g/mol. The van der Waals surface area contributed by atoms with Crippen molar-refractivity contribution in [3.63, 3.8) is 0 Å². The number of carbonyl (C=O) groups is 1. The van der Waals surface area contributed by atoms with Gasteiger partial charge >= 0.3 is 0 Å². The summed E-state index contributed by atoms with van der Waals surface area (Å²) in [4.78, 5) is 17.0. The van der Waals surface area contributed by atoms with E-state index in [1.165, 1.54) is 38.5 Å². The fourth-order valence-corrected chi connectivity index (χ4v) is 4.59. The summed E-state index contributed by atoms with van der Waals surface area (Å²) in [6.07, 6.45) is 11.6. The van der Waals surface area contributed by atoms with Gasteiger partial charge in [0, 0.05) is 38.6 Å². The molecule has 2 atom stereocenters. The number of hydrogen-bond acceptors (Lipinski definition) is 3. The standard InChI is InChI=1S/C18H32N2O2/c21-17-9-5-4-8-16(17)19-10-12-20(13-11-19)18(22)14-15-6-2-1-3-7-15/h15-17,21H,1-14H2. The maximum absolute atomic E-state index is 12.5. The molecule has 0 spiro atoms. The fraction of sp³-hybridized carbons (Fsp3) is 0.944. The van der Waals surface area contributed by atoms with Crippen molar-refractivity contribution in [2.75, 3.05) is 26.2 Å². The third kappa shape index (κ3) is 4.02. The van der Waals surface area contributed by atoms with Crippen molar-refractivity contribution in [3.8, 4) is 0 Å². The highest BCUT2D eigenvalue weighted by Gasteiger charge is 2.32. The monoisotopic (exact) mass is 308 g/mol. The van der Waals surface area contributed by atoms with Crippen molar-refractivity contribution in [1.82, 2.24) is 9.80 Å². The lowest BCUT2D eigenvalue weighted by Gasteiger charge is -2.43. The maximum Gasteiger partial charge on any atom is 0.222 e. The van der Waals surface area contributed by atoms with Gasteiger partial charge in [-0.2, -0.15) is 0 Å². The zero-order chi connectivity index (χ0) is 15.4. The van der Waals surface area contributed by atoms with Gasteiger partial charge in [-0.15, -0.1) is 0 Å². The highest BCUT2D eigenvalue weighted by atomic mass is 16.3. The zero-order valence-electron chi connectivity index (χ0n) is 13.9. The van der Waals surface area contributed by atoms with Crippen LogP contribution in [0.2, 0.25) is 0 Å². The van der Waals surface area contributed by atoms with E-state index in [0.717, 1.165) is 51.9 Å². The lowest BCUT2D eigenvalue weighted by Crippen LogP contribution is -2.55. The van der Waals surface area contributed by atoms with E-state index in [2.05, 4.69) is 9.80 Å². The Balaban J connectivity index is 1.43. The van der Waals surface area contributed by atoms with Gasteiger partial charge in [-0.05, 0) is 31.6 Å². The van der Waals surface area contributed by atoms with Crippen LogP contribution in [-0.2, 0) is 4.79 Å². The molecule has 22 heavy (non-hydrogen) atoms. The van der Waals surface area contributed by atoms with Gasteiger partial charge in [-0.3, -0.25) is 9.69 Å². The Bertz CT molecular complexity index is 360. The molecule has 1 saturated heterocycles. The minimum Gasteiger partial charge on any atom is -0.391 e. The van der Waals surface area contributed by atoms with Gasteiger partial charge in [-0.1, -0.05) is 32.1 Å². The molecule has 2 unspecified atom stereocenters. The minimum absolute atomic E-state index is 0.154. The van der Waals surface area contributed by atoms with Crippen LogP contribution in [0.25, 0.3) is 0 Å². The SMILES string of the molecule is O=C(CC1CCCCC1)N1CCN(C2CCCCC2O)CC1. The van der Waals surface area contributed by atoms with Crippen LogP contribution in [-0.4, -0.2) is 59.1 Å². The first-order valence-corrected chi connectivity index (χ1v) is 9.44. The van der Waals surface area contributed by atoms with Crippen molar-refractivity contribution >= 4 is 5.91 Å². The number of hydrogen-bond donors (Lipinski definition) is 1. The minimum atomic E-state index is -0.154. The second-order valence-corrected chi connectivity index (χ2v) is 7.54. The van der Waals surface area contributed by atoms with E-state index in [4.69, 9.17) is 0 Å². The Morgan fingerprint density at radius 2 is 1.50 bits per heavy atom. The molecule has 1 aliphatic heterocycles. The van der Waals surface area contributed by atoms with Crippen LogP contribution in [0.4, 0.5) is 0 Å². The van der Waals surface area contributed by atoms with Crippen molar-refractivity contribution in [2.24, 2.45) is 5.92 Å². The van der Waals surface area contributed by atoms with E-state index in [1.807, 2.05) is 0 Å². The van der Waals surface area contributed by atoms with Crippen LogP contribution in [0.3, 0.4) is 0 Å². The highest BCUT2D eigenvalue weighted by Crippen LogP contribution is 2.28. The predicted molar refractivity (Wildman–Crippen MR) is 87.6 cm³/mol. The summed E-state index contributed by atoms with van der Waals surface area (Å²) in [5.74, 6) is 1.01. The number of carbonyl (C=O) groups excluding carboxylic acids is 1. The summed E-state index contributed by atoms with van der Waals surface area (Å²) >= 11 is 0. The summed E-state index contributed by atoms with van der Waals surface area (Å²) in [6.45, 7) is 3.60. The molecule has 0 radical (unpaired) electrons. The second-order valence-electron chi connectivity index (χ2n) is 7.54.